The Labute approximate surface area is 108 Å². The van der Waals surface area contributed by atoms with Gasteiger partial charge in [0.15, 0.2) is 0 Å². The van der Waals surface area contributed by atoms with E-state index >= 15 is 0 Å². The minimum Gasteiger partial charge on any atom is -0.386 e. The molecule has 2 aromatic rings. The predicted octanol–water partition coefficient (Wildman–Crippen LogP) is 2.80. The highest BCUT2D eigenvalue weighted by Crippen LogP contribution is 2.19. The van der Waals surface area contributed by atoms with Gasteiger partial charge in [0.05, 0.1) is 11.8 Å². The summed E-state index contributed by atoms with van der Waals surface area (Å²) in [6, 6.07) is 8.29. The number of benzene rings is 1. The molecule has 0 saturated carbocycles. The quantitative estimate of drug-likeness (QED) is 0.898. The van der Waals surface area contributed by atoms with E-state index in [1.54, 1.807) is 6.20 Å². The van der Waals surface area contributed by atoms with E-state index < -0.39 is 6.10 Å². The van der Waals surface area contributed by atoms with Crippen molar-refractivity contribution in [2.75, 3.05) is 0 Å². The summed E-state index contributed by atoms with van der Waals surface area (Å²) in [4.78, 5) is 0. The molecule has 0 radical (unpaired) electrons. The molecule has 1 aromatic heterocycles. The summed E-state index contributed by atoms with van der Waals surface area (Å²) in [5.74, 6) is 0. The van der Waals surface area contributed by atoms with E-state index in [0.29, 0.717) is 6.42 Å². The molecule has 0 bridgehead atoms. The molecule has 0 aliphatic heterocycles. The van der Waals surface area contributed by atoms with Crippen molar-refractivity contribution < 1.29 is 5.11 Å². The van der Waals surface area contributed by atoms with E-state index in [9.17, 15) is 5.11 Å². The molecule has 1 unspecified atom stereocenters. The molecular formula is C15H20N2O. The molecule has 0 amide bonds. The lowest BCUT2D eigenvalue weighted by Gasteiger charge is -2.13. The molecule has 0 aliphatic rings. The molecule has 1 heterocycles. The standard InChI is InChI=1S/C15H20N2O/c1-4-17-14(5-6-16-17)15(18)10-13-8-11(2)7-12(3)9-13/h5-9,15,18H,4,10H2,1-3H3. The minimum absolute atomic E-state index is 0.492. The highest BCUT2D eigenvalue weighted by Gasteiger charge is 2.13. The largest absolute Gasteiger partial charge is 0.386 e. The number of aryl methyl sites for hydroxylation is 3. The van der Waals surface area contributed by atoms with Crippen LogP contribution in [0, 0.1) is 13.8 Å². The first-order valence-corrected chi connectivity index (χ1v) is 6.37. The Kier molecular flexibility index (Phi) is 3.82. The van der Waals surface area contributed by atoms with Gasteiger partial charge in [-0.25, -0.2) is 0 Å². The topological polar surface area (TPSA) is 38.0 Å². The second kappa shape index (κ2) is 5.36. The molecule has 0 spiro atoms. The molecule has 18 heavy (non-hydrogen) atoms. The molecule has 1 aromatic carbocycles. The fraction of sp³-hybridized carbons (Fsp3) is 0.400. The Morgan fingerprint density at radius 3 is 2.50 bits per heavy atom. The number of nitrogens with zero attached hydrogens (tertiary/aromatic N) is 2. The molecule has 1 N–H and O–H groups in total. The van der Waals surface area contributed by atoms with Crippen molar-refractivity contribution in [1.82, 2.24) is 9.78 Å². The molecule has 2 rings (SSSR count). The van der Waals surface area contributed by atoms with Crippen LogP contribution in [0.25, 0.3) is 0 Å². The van der Waals surface area contributed by atoms with E-state index in [4.69, 9.17) is 0 Å². The zero-order chi connectivity index (χ0) is 13.1. The van der Waals surface area contributed by atoms with Gasteiger partial charge in [0, 0.05) is 19.2 Å². The van der Waals surface area contributed by atoms with E-state index in [1.165, 1.54) is 16.7 Å². The van der Waals surface area contributed by atoms with Gasteiger partial charge in [-0.15, -0.1) is 0 Å². The fourth-order valence-electron chi connectivity index (χ4n) is 2.40. The number of rotatable bonds is 4. The molecule has 1 atom stereocenters. The van der Waals surface area contributed by atoms with Gasteiger partial charge in [-0.2, -0.15) is 5.10 Å². The van der Waals surface area contributed by atoms with Crippen molar-refractivity contribution in [2.24, 2.45) is 0 Å². The summed E-state index contributed by atoms with van der Waals surface area (Å²) in [7, 11) is 0. The smallest absolute Gasteiger partial charge is 0.0996 e. The van der Waals surface area contributed by atoms with E-state index in [1.807, 2.05) is 17.7 Å². The first-order valence-electron chi connectivity index (χ1n) is 6.37. The number of aliphatic hydroxyl groups is 1. The molecule has 0 aliphatic carbocycles. The van der Waals surface area contributed by atoms with Gasteiger partial charge in [-0.1, -0.05) is 29.3 Å². The van der Waals surface area contributed by atoms with Crippen LogP contribution < -0.4 is 0 Å². The number of aromatic nitrogens is 2. The maximum Gasteiger partial charge on any atom is 0.0996 e. The van der Waals surface area contributed by atoms with Crippen LogP contribution in [0.5, 0.6) is 0 Å². The van der Waals surface area contributed by atoms with Crippen LogP contribution in [0.2, 0.25) is 0 Å². The predicted molar refractivity (Wildman–Crippen MR) is 72.5 cm³/mol. The first kappa shape index (κ1) is 12.8. The van der Waals surface area contributed by atoms with Gasteiger partial charge < -0.3 is 5.11 Å². The number of hydrogen-bond donors (Lipinski definition) is 1. The summed E-state index contributed by atoms with van der Waals surface area (Å²) in [6.45, 7) is 6.98. The monoisotopic (exact) mass is 244 g/mol. The fourth-order valence-corrected chi connectivity index (χ4v) is 2.40. The Morgan fingerprint density at radius 2 is 1.89 bits per heavy atom. The summed E-state index contributed by atoms with van der Waals surface area (Å²) < 4.78 is 1.84. The Bertz CT molecular complexity index is 511. The third-order valence-electron chi connectivity index (χ3n) is 3.10. The summed E-state index contributed by atoms with van der Waals surface area (Å²) in [6.07, 6.45) is 1.88. The zero-order valence-corrected chi connectivity index (χ0v) is 11.2. The Balaban J connectivity index is 2.18. The van der Waals surface area contributed by atoms with Crippen molar-refractivity contribution in [3.05, 3.63) is 52.8 Å². The van der Waals surface area contributed by atoms with Crippen molar-refractivity contribution in [1.29, 1.82) is 0 Å². The Morgan fingerprint density at radius 1 is 1.22 bits per heavy atom. The van der Waals surface area contributed by atoms with Crippen molar-refractivity contribution in [2.45, 2.75) is 39.8 Å². The van der Waals surface area contributed by atoms with Gasteiger partial charge in [0.25, 0.3) is 0 Å². The van der Waals surface area contributed by atoms with Gasteiger partial charge in [0.1, 0.15) is 0 Å². The van der Waals surface area contributed by atoms with Crippen LogP contribution >= 0.6 is 0 Å². The van der Waals surface area contributed by atoms with Crippen molar-refractivity contribution in [3.63, 3.8) is 0 Å². The van der Waals surface area contributed by atoms with E-state index in [2.05, 4.69) is 37.1 Å². The average Bonchev–Trinajstić information content (AvgIpc) is 2.75. The van der Waals surface area contributed by atoms with E-state index in [-0.39, 0.29) is 0 Å². The number of aliphatic hydroxyl groups excluding tert-OH is 1. The van der Waals surface area contributed by atoms with Crippen molar-refractivity contribution in [3.8, 4) is 0 Å². The second-order valence-corrected chi connectivity index (χ2v) is 4.79. The van der Waals surface area contributed by atoms with Crippen LogP contribution in [-0.2, 0) is 13.0 Å². The maximum atomic E-state index is 10.3. The maximum absolute atomic E-state index is 10.3. The van der Waals surface area contributed by atoms with E-state index in [0.717, 1.165) is 12.2 Å². The molecule has 3 nitrogen and oxygen atoms in total. The highest BCUT2D eigenvalue weighted by atomic mass is 16.3. The van der Waals surface area contributed by atoms with Gasteiger partial charge >= 0.3 is 0 Å². The Hall–Kier alpha value is -1.61. The van der Waals surface area contributed by atoms with Crippen LogP contribution in [0.15, 0.2) is 30.5 Å². The average molecular weight is 244 g/mol. The van der Waals surface area contributed by atoms with Crippen LogP contribution in [0.1, 0.15) is 35.4 Å². The molecule has 3 heteroatoms. The zero-order valence-electron chi connectivity index (χ0n) is 11.2. The van der Waals surface area contributed by atoms with Gasteiger partial charge in [-0.3, -0.25) is 4.68 Å². The minimum atomic E-state index is -0.492. The lowest BCUT2D eigenvalue weighted by atomic mass is 10.0. The highest BCUT2D eigenvalue weighted by molar-refractivity contribution is 5.29. The lowest BCUT2D eigenvalue weighted by Crippen LogP contribution is -2.10. The summed E-state index contributed by atoms with van der Waals surface area (Å²) in [5, 5.41) is 14.5. The lowest BCUT2D eigenvalue weighted by molar-refractivity contribution is 0.167. The van der Waals surface area contributed by atoms with Crippen molar-refractivity contribution >= 4 is 0 Å². The molecule has 0 saturated heterocycles. The third-order valence-corrected chi connectivity index (χ3v) is 3.10. The first-order chi connectivity index (χ1) is 8.60. The third kappa shape index (κ3) is 2.79. The van der Waals surface area contributed by atoms with Gasteiger partial charge in [0.2, 0.25) is 0 Å². The summed E-state index contributed by atoms with van der Waals surface area (Å²) in [5.41, 5.74) is 4.53. The number of hydrogen-bond acceptors (Lipinski definition) is 2. The second-order valence-electron chi connectivity index (χ2n) is 4.79. The normalized spacial score (nSPS) is 12.7. The van der Waals surface area contributed by atoms with Gasteiger partial charge in [-0.05, 0) is 32.4 Å². The molecular weight excluding hydrogens is 224 g/mol. The molecule has 0 fully saturated rings. The van der Waals surface area contributed by atoms with Crippen LogP contribution in [0.3, 0.4) is 0 Å². The molecule has 96 valence electrons. The van der Waals surface area contributed by atoms with Crippen LogP contribution in [-0.4, -0.2) is 14.9 Å². The SMILES string of the molecule is CCn1nccc1C(O)Cc1cc(C)cc(C)c1. The summed E-state index contributed by atoms with van der Waals surface area (Å²) >= 11 is 0. The van der Waals surface area contributed by atoms with Crippen LogP contribution in [0.4, 0.5) is 0 Å².